The van der Waals surface area contributed by atoms with Crippen molar-refractivity contribution in [1.82, 2.24) is 14.9 Å². The summed E-state index contributed by atoms with van der Waals surface area (Å²) in [5.74, 6) is -0.154. The molecule has 7 nitrogen and oxygen atoms in total. The number of nitrogens with one attached hydrogen (secondary N) is 1. The average molecular weight is 385 g/mol. The van der Waals surface area contributed by atoms with Crippen molar-refractivity contribution in [3.63, 3.8) is 0 Å². The fourth-order valence-electron chi connectivity index (χ4n) is 3.40. The Labute approximate surface area is 164 Å². The summed E-state index contributed by atoms with van der Waals surface area (Å²) in [6.07, 6.45) is 4.92. The minimum atomic E-state index is -0.885. The number of hydrogen-bond acceptors (Lipinski definition) is 5. The van der Waals surface area contributed by atoms with E-state index in [0.29, 0.717) is 24.0 Å². The van der Waals surface area contributed by atoms with Crippen LogP contribution in [-0.4, -0.2) is 34.1 Å². The number of aryl methyl sites for hydroxylation is 1. The topological polar surface area (TPSA) is 90.3 Å². The normalized spacial score (nSPS) is 15.2. The van der Waals surface area contributed by atoms with Crippen LogP contribution in [0.5, 0.6) is 0 Å². The van der Waals surface area contributed by atoms with Gasteiger partial charge in [-0.05, 0) is 44.4 Å². The molecule has 0 radical (unpaired) electrons. The number of benzene rings is 1. The molecule has 2 heterocycles. The summed E-state index contributed by atoms with van der Waals surface area (Å²) in [5.41, 5.74) is 0.717. The van der Waals surface area contributed by atoms with Gasteiger partial charge in [0.1, 0.15) is 5.82 Å². The second-order valence-corrected chi connectivity index (χ2v) is 7.22. The first-order chi connectivity index (χ1) is 13.5. The summed E-state index contributed by atoms with van der Waals surface area (Å²) in [4.78, 5) is 41.8. The van der Waals surface area contributed by atoms with E-state index in [1.807, 2.05) is 6.92 Å². The average Bonchev–Trinajstić information content (AvgIpc) is 2.67. The van der Waals surface area contributed by atoms with Crippen molar-refractivity contribution < 1.29 is 14.3 Å². The van der Waals surface area contributed by atoms with Crippen molar-refractivity contribution in [3.05, 3.63) is 39.9 Å². The molecule has 0 spiro atoms. The van der Waals surface area contributed by atoms with Crippen LogP contribution in [0.4, 0.5) is 0 Å². The van der Waals surface area contributed by atoms with Gasteiger partial charge in [0, 0.05) is 19.5 Å². The Hall–Kier alpha value is -2.70. The highest BCUT2D eigenvalue weighted by atomic mass is 16.5. The van der Waals surface area contributed by atoms with Gasteiger partial charge in [-0.15, -0.1) is 0 Å². The largest absolute Gasteiger partial charge is 0.449 e. The Kier molecular flexibility index (Phi) is 6.44. The van der Waals surface area contributed by atoms with Gasteiger partial charge in [0.25, 0.3) is 11.5 Å². The van der Waals surface area contributed by atoms with Crippen LogP contribution in [0.2, 0.25) is 0 Å². The molecule has 1 N–H and O–H groups in total. The standard InChI is InChI=1S/C21H27N3O4/c1-3-11-22-19(25)14(2)28-21(27)15-9-10-16-17(13-15)23-18-8-6-4-5-7-12-24(18)20(16)26/h9-10,13-14H,3-8,11-12H2,1-2H3,(H,22,25). The molecule has 1 aromatic carbocycles. The first-order valence-electron chi connectivity index (χ1n) is 10.0. The van der Waals surface area contributed by atoms with Crippen molar-refractivity contribution in [3.8, 4) is 0 Å². The van der Waals surface area contributed by atoms with E-state index < -0.39 is 12.1 Å². The third-order valence-electron chi connectivity index (χ3n) is 5.00. The van der Waals surface area contributed by atoms with E-state index in [1.54, 1.807) is 22.8 Å². The third-order valence-corrected chi connectivity index (χ3v) is 5.00. The summed E-state index contributed by atoms with van der Waals surface area (Å²) in [5, 5.41) is 3.19. The molecule has 0 saturated heterocycles. The molecule has 1 unspecified atom stereocenters. The summed E-state index contributed by atoms with van der Waals surface area (Å²) in [7, 11) is 0. The highest BCUT2D eigenvalue weighted by Gasteiger charge is 2.20. The highest BCUT2D eigenvalue weighted by Crippen LogP contribution is 2.17. The molecule has 0 bridgehead atoms. The van der Waals surface area contributed by atoms with Gasteiger partial charge in [0.2, 0.25) is 0 Å². The lowest BCUT2D eigenvalue weighted by Gasteiger charge is -2.16. The van der Waals surface area contributed by atoms with E-state index in [0.717, 1.165) is 44.3 Å². The van der Waals surface area contributed by atoms with Gasteiger partial charge in [0.05, 0.1) is 16.5 Å². The maximum Gasteiger partial charge on any atom is 0.338 e. The Balaban J connectivity index is 1.85. The monoisotopic (exact) mass is 385 g/mol. The summed E-state index contributed by atoms with van der Waals surface area (Å²) in [6.45, 7) is 4.71. The Morgan fingerprint density at radius 1 is 1.25 bits per heavy atom. The number of esters is 1. The third kappa shape index (κ3) is 4.40. The molecule has 3 rings (SSSR count). The van der Waals surface area contributed by atoms with Crippen molar-refractivity contribution in [1.29, 1.82) is 0 Å². The lowest BCUT2D eigenvalue weighted by molar-refractivity contribution is -0.129. The number of fused-ring (bicyclic) bond motifs is 2. The van der Waals surface area contributed by atoms with Gasteiger partial charge in [-0.25, -0.2) is 9.78 Å². The van der Waals surface area contributed by atoms with E-state index in [2.05, 4.69) is 10.3 Å². The zero-order valence-electron chi connectivity index (χ0n) is 16.5. The van der Waals surface area contributed by atoms with Crippen LogP contribution in [0.25, 0.3) is 10.9 Å². The van der Waals surface area contributed by atoms with Crippen LogP contribution in [0.3, 0.4) is 0 Å². The van der Waals surface area contributed by atoms with Crippen LogP contribution < -0.4 is 10.9 Å². The molecule has 2 aromatic rings. The fourth-order valence-corrected chi connectivity index (χ4v) is 3.40. The maximum atomic E-state index is 12.8. The van der Waals surface area contributed by atoms with E-state index in [1.165, 1.54) is 6.92 Å². The Morgan fingerprint density at radius 3 is 2.82 bits per heavy atom. The molecule has 1 aromatic heterocycles. The van der Waals surface area contributed by atoms with E-state index in [4.69, 9.17) is 4.74 Å². The number of hydrogen-bond donors (Lipinski definition) is 1. The number of nitrogens with zero attached hydrogens (tertiary/aromatic N) is 2. The molecule has 0 saturated carbocycles. The Bertz CT molecular complexity index is 935. The van der Waals surface area contributed by atoms with Crippen LogP contribution in [0.15, 0.2) is 23.0 Å². The molecule has 0 fully saturated rings. The van der Waals surface area contributed by atoms with Crippen molar-refractivity contribution >= 4 is 22.8 Å². The molecule has 1 aliphatic heterocycles. The van der Waals surface area contributed by atoms with Crippen molar-refractivity contribution in [2.75, 3.05) is 6.54 Å². The number of ether oxygens (including phenoxy) is 1. The molecule has 0 aliphatic carbocycles. The smallest absolute Gasteiger partial charge is 0.338 e. The molecular weight excluding hydrogens is 358 g/mol. The minimum absolute atomic E-state index is 0.0610. The van der Waals surface area contributed by atoms with E-state index in [9.17, 15) is 14.4 Å². The van der Waals surface area contributed by atoms with E-state index >= 15 is 0 Å². The second-order valence-electron chi connectivity index (χ2n) is 7.22. The Morgan fingerprint density at radius 2 is 2.04 bits per heavy atom. The number of rotatable bonds is 5. The molecule has 1 amide bonds. The molecule has 1 aliphatic rings. The van der Waals surface area contributed by atoms with Crippen LogP contribution >= 0.6 is 0 Å². The van der Waals surface area contributed by atoms with Gasteiger partial charge >= 0.3 is 5.97 Å². The predicted molar refractivity (Wildman–Crippen MR) is 106 cm³/mol. The molecule has 28 heavy (non-hydrogen) atoms. The summed E-state index contributed by atoms with van der Waals surface area (Å²) >= 11 is 0. The maximum absolute atomic E-state index is 12.8. The fraction of sp³-hybridized carbons (Fsp3) is 0.524. The summed E-state index contributed by atoms with van der Waals surface area (Å²) in [6, 6.07) is 4.75. The predicted octanol–water partition coefficient (Wildman–Crippen LogP) is 2.58. The van der Waals surface area contributed by atoms with Crippen LogP contribution in [0.1, 0.15) is 62.1 Å². The number of carbonyl (C=O) groups is 2. The van der Waals surface area contributed by atoms with Gasteiger partial charge in [-0.1, -0.05) is 19.8 Å². The van der Waals surface area contributed by atoms with Crippen molar-refractivity contribution in [2.24, 2.45) is 0 Å². The first kappa shape index (κ1) is 20.0. The van der Waals surface area contributed by atoms with Gasteiger partial charge in [0.15, 0.2) is 6.10 Å². The minimum Gasteiger partial charge on any atom is -0.449 e. The molecule has 7 heteroatoms. The number of carbonyl (C=O) groups excluding carboxylic acids is 2. The van der Waals surface area contributed by atoms with Crippen molar-refractivity contribution in [2.45, 2.75) is 65.0 Å². The van der Waals surface area contributed by atoms with E-state index in [-0.39, 0.29) is 17.0 Å². The molecular formula is C21H27N3O4. The van der Waals surface area contributed by atoms with Gasteiger partial charge < -0.3 is 10.1 Å². The summed E-state index contributed by atoms with van der Waals surface area (Å²) < 4.78 is 7.03. The van der Waals surface area contributed by atoms with Crippen LogP contribution in [-0.2, 0) is 22.5 Å². The zero-order chi connectivity index (χ0) is 20.1. The zero-order valence-corrected chi connectivity index (χ0v) is 16.5. The SMILES string of the molecule is CCCNC(=O)C(C)OC(=O)c1ccc2c(=O)n3c(nc2c1)CCCCCC3. The number of aromatic nitrogens is 2. The quantitative estimate of drug-likeness (QED) is 0.799. The highest BCUT2D eigenvalue weighted by molar-refractivity contribution is 5.95. The lowest BCUT2D eigenvalue weighted by Crippen LogP contribution is -2.36. The number of amides is 1. The van der Waals surface area contributed by atoms with Crippen LogP contribution in [0, 0.1) is 0 Å². The lowest BCUT2D eigenvalue weighted by atomic mass is 10.1. The van der Waals surface area contributed by atoms with Gasteiger partial charge in [-0.3, -0.25) is 14.2 Å². The molecule has 150 valence electrons. The second kappa shape index (κ2) is 8.99. The first-order valence-corrected chi connectivity index (χ1v) is 10.0. The molecule has 1 atom stereocenters. The van der Waals surface area contributed by atoms with Gasteiger partial charge in [-0.2, -0.15) is 0 Å².